The van der Waals surface area contributed by atoms with Crippen LogP contribution in [0.2, 0.25) is 0 Å². The lowest BCUT2D eigenvalue weighted by atomic mass is 9.94. The van der Waals surface area contributed by atoms with Gasteiger partial charge in [-0.25, -0.2) is 9.97 Å². The van der Waals surface area contributed by atoms with E-state index in [1.54, 1.807) is 6.33 Å². The molecule has 1 unspecified atom stereocenters. The molecule has 4 nitrogen and oxygen atoms in total. The van der Waals surface area contributed by atoms with E-state index in [0.29, 0.717) is 18.4 Å². The van der Waals surface area contributed by atoms with Gasteiger partial charge in [0, 0.05) is 18.3 Å². The minimum absolute atomic E-state index is 0.379. The molecule has 18 heavy (non-hydrogen) atoms. The molecule has 0 saturated heterocycles. The SMILES string of the molecule is CC(C)CC(C)(O)CNc1cc(C(C)C)ncn1. The summed E-state index contributed by atoms with van der Waals surface area (Å²) in [6, 6.07) is 1.94. The molecule has 1 atom stereocenters. The van der Waals surface area contributed by atoms with Crippen molar-refractivity contribution in [2.45, 2.75) is 52.6 Å². The summed E-state index contributed by atoms with van der Waals surface area (Å²) in [6.45, 7) is 10.8. The van der Waals surface area contributed by atoms with Crippen molar-refractivity contribution in [1.29, 1.82) is 0 Å². The highest BCUT2D eigenvalue weighted by Gasteiger charge is 2.21. The van der Waals surface area contributed by atoms with E-state index in [1.807, 2.05) is 13.0 Å². The van der Waals surface area contributed by atoms with E-state index in [-0.39, 0.29) is 0 Å². The van der Waals surface area contributed by atoms with Crippen LogP contribution in [0.5, 0.6) is 0 Å². The Balaban J connectivity index is 2.60. The molecule has 0 bridgehead atoms. The fourth-order valence-corrected chi connectivity index (χ4v) is 2.02. The Labute approximate surface area is 110 Å². The van der Waals surface area contributed by atoms with E-state index in [2.05, 4.69) is 43.0 Å². The molecule has 0 aliphatic rings. The Bertz CT molecular complexity index is 375. The maximum absolute atomic E-state index is 10.2. The zero-order valence-electron chi connectivity index (χ0n) is 12.1. The maximum atomic E-state index is 10.2. The second-order valence-electron chi connectivity index (χ2n) is 5.93. The summed E-state index contributed by atoms with van der Waals surface area (Å²) < 4.78 is 0. The van der Waals surface area contributed by atoms with Crippen LogP contribution >= 0.6 is 0 Å². The number of anilines is 1. The van der Waals surface area contributed by atoms with E-state index in [1.165, 1.54) is 0 Å². The normalized spacial score (nSPS) is 14.9. The molecule has 4 heteroatoms. The summed E-state index contributed by atoms with van der Waals surface area (Å²) in [6.07, 6.45) is 2.33. The Hall–Kier alpha value is -1.16. The monoisotopic (exact) mass is 251 g/mol. The molecule has 0 fully saturated rings. The van der Waals surface area contributed by atoms with Gasteiger partial charge in [-0.1, -0.05) is 27.7 Å². The number of hydrogen-bond donors (Lipinski definition) is 2. The van der Waals surface area contributed by atoms with E-state index in [4.69, 9.17) is 0 Å². The molecule has 0 amide bonds. The van der Waals surface area contributed by atoms with Gasteiger partial charge in [-0.2, -0.15) is 0 Å². The number of hydrogen-bond acceptors (Lipinski definition) is 4. The molecule has 2 N–H and O–H groups in total. The first-order chi connectivity index (χ1) is 8.30. The molecule has 0 spiro atoms. The van der Waals surface area contributed by atoms with Crippen molar-refractivity contribution < 1.29 is 5.11 Å². The zero-order valence-corrected chi connectivity index (χ0v) is 12.1. The highest BCUT2D eigenvalue weighted by molar-refractivity contribution is 5.36. The summed E-state index contributed by atoms with van der Waals surface area (Å²) in [5.74, 6) is 1.63. The van der Waals surface area contributed by atoms with Crippen molar-refractivity contribution in [3.8, 4) is 0 Å². The van der Waals surface area contributed by atoms with Gasteiger partial charge in [-0.15, -0.1) is 0 Å². The Morgan fingerprint density at radius 2 is 1.94 bits per heavy atom. The molecule has 0 saturated carbocycles. The van der Waals surface area contributed by atoms with Gasteiger partial charge in [0.05, 0.1) is 5.60 Å². The third-order valence-electron chi connectivity index (χ3n) is 2.78. The van der Waals surface area contributed by atoms with Gasteiger partial charge in [-0.05, 0) is 25.2 Å². The first-order valence-electron chi connectivity index (χ1n) is 6.58. The molecule has 1 heterocycles. The molecule has 0 radical (unpaired) electrons. The molecular weight excluding hydrogens is 226 g/mol. The maximum Gasteiger partial charge on any atom is 0.129 e. The van der Waals surface area contributed by atoms with Crippen LogP contribution in [0, 0.1) is 5.92 Å². The summed E-state index contributed by atoms with van der Waals surface area (Å²) in [7, 11) is 0. The van der Waals surface area contributed by atoms with Crippen LogP contribution in [0.25, 0.3) is 0 Å². The fraction of sp³-hybridized carbons (Fsp3) is 0.714. The average molecular weight is 251 g/mol. The quantitative estimate of drug-likeness (QED) is 0.816. The molecular formula is C14H25N3O. The standard InChI is InChI=1S/C14H25N3O/c1-10(2)7-14(5,18)8-15-13-6-12(11(3)4)16-9-17-13/h6,9-11,18H,7-8H2,1-5H3,(H,15,16,17). The van der Waals surface area contributed by atoms with Gasteiger partial charge in [0.15, 0.2) is 0 Å². The highest BCUT2D eigenvalue weighted by atomic mass is 16.3. The van der Waals surface area contributed by atoms with E-state index in [0.717, 1.165) is 17.9 Å². The first-order valence-corrected chi connectivity index (χ1v) is 6.58. The number of nitrogens with zero attached hydrogens (tertiary/aromatic N) is 2. The van der Waals surface area contributed by atoms with E-state index < -0.39 is 5.60 Å². The molecule has 1 aromatic heterocycles. The zero-order chi connectivity index (χ0) is 13.8. The lowest BCUT2D eigenvalue weighted by molar-refractivity contribution is 0.0515. The first kappa shape index (κ1) is 14.9. The van der Waals surface area contributed by atoms with Gasteiger partial charge in [-0.3, -0.25) is 0 Å². The number of aromatic nitrogens is 2. The molecule has 1 aromatic rings. The van der Waals surface area contributed by atoms with Crippen LogP contribution in [-0.2, 0) is 0 Å². The van der Waals surface area contributed by atoms with E-state index in [9.17, 15) is 5.11 Å². The van der Waals surface area contributed by atoms with Gasteiger partial charge >= 0.3 is 0 Å². The molecule has 0 aliphatic carbocycles. The van der Waals surface area contributed by atoms with Crippen molar-refractivity contribution in [2.24, 2.45) is 5.92 Å². The van der Waals surface area contributed by atoms with Gasteiger partial charge < -0.3 is 10.4 Å². The minimum Gasteiger partial charge on any atom is -0.388 e. The van der Waals surface area contributed by atoms with Gasteiger partial charge in [0.1, 0.15) is 12.1 Å². The van der Waals surface area contributed by atoms with Crippen molar-refractivity contribution >= 4 is 5.82 Å². The highest BCUT2D eigenvalue weighted by Crippen LogP contribution is 2.18. The third kappa shape index (κ3) is 5.00. The topological polar surface area (TPSA) is 58.0 Å². The third-order valence-corrected chi connectivity index (χ3v) is 2.78. The smallest absolute Gasteiger partial charge is 0.129 e. The van der Waals surface area contributed by atoms with Crippen molar-refractivity contribution in [3.63, 3.8) is 0 Å². The summed E-state index contributed by atoms with van der Waals surface area (Å²) >= 11 is 0. The molecule has 102 valence electrons. The Kier molecular flexibility index (Phi) is 5.08. The van der Waals surface area contributed by atoms with Crippen molar-refractivity contribution in [3.05, 3.63) is 18.1 Å². The van der Waals surface area contributed by atoms with Crippen LogP contribution in [0.3, 0.4) is 0 Å². The second-order valence-corrected chi connectivity index (χ2v) is 5.93. The predicted octanol–water partition coefficient (Wildman–Crippen LogP) is 2.81. The van der Waals surface area contributed by atoms with Gasteiger partial charge in [0.25, 0.3) is 0 Å². The Morgan fingerprint density at radius 1 is 1.28 bits per heavy atom. The molecule has 0 aromatic carbocycles. The van der Waals surface area contributed by atoms with Crippen LogP contribution in [-0.4, -0.2) is 27.2 Å². The largest absolute Gasteiger partial charge is 0.388 e. The van der Waals surface area contributed by atoms with Crippen LogP contribution < -0.4 is 5.32 Å². The molecule has 0 aliphatic heterocycles. The van der Waals surface area contributed by atoms with Crippen LogP contribution in [0.4, 0.5) is 5.82 Å². The average Bonchev–Trinajstić information content (AvgIpc) is 2.25. The minimum atomic E-state index is -0.711. The van der Waals surface area contributed by atoms with Crippen molar-refractivity contribution in [1.82, 2.24) is 9.97 Å². The predicted molar refractivity (Wildman–Crippen MR) is 74.7 cm³/mol. The lowest BCUT2D eigenvalue weighted by Crippen LogP contribution is -2.35. The van der Waals surface area contributed by atoms with Crippen LogP contribution in [0.1, 0.15) is 52.7 Å². The Morgan fingerprint density at radius 3 is 2.50 bits per heavy atom. The number of nitrogens with one attached hydrogen (secondary N) is 1. The second kappa shape index (κ2) is 6.14. The lowest BCUT2D eigenvalue weighted by Gasteiger charge is -2.25. The summed E-state index contributed by atoms with van der Waals surface area (Å²) in [4.78, 5) is 8.39. The van der Waals surface area contributed by atoms with Crippen LogP contribution in [0.15, 0.2) is 12.4 Å². The number of rotatable bonds is 6. The van der Waals surface area contributed by atoms with E-state index >= 15 is 0 Å². The van der Waals surface area contributed by atoms with Gasteiger partial charge in [0.2, 0.25) is 0 Å². The molecule has 1 rings (SSSR count). The number of aliphatic hydroxyl groups is 1. The fourth-order valence-electron chi connectivity index (χ4n) is 2.02. The summed E-state index contributed by atoms with van der Waals surface area (Å²) in [5, 5.41) is 13.4. The summed E-state index contributed by atoms with van der Waals surface area (Å²) in [5.41, 5.74) is 0.299. The van der Waals surface area contributed by atoms with Crippen molar-refractivity contribution in [2.75, 3.05) is 11.9 Å².